The van der Waals surface area contributed by atoms with E-state index < -0.39 is 0 Å². The van der Waals surface area contributed by atoms with Gasteiger partial charge in [0.25, 0.3) is 0 Å². The summed E-state index contributed by atoms with van der Waals surface area (Å²) < 4.78 is 4.64. The maximum absolute atomic E-state index is 11.3. The van der Waals surface area contributed by atoms with Gasteiger partial charge in [-0.05, 0) is 36.1 Å². The number of carbonyl (C=O) groups is 1. The highest BCUT2D eigenvalue weighted by Gasteiger charge is 2.08. The summed E-state index contributed by atoms with van der Waals surface area (Å²) in [5.41, 5.74) is 2.72. The second-order valence-electron chi connectivity index (χ2n) is 3.30. The van der Waals surface area contributed by atoms with Crippen molar-refractivity contribution in [3.63, 3.8) is 0 Å². The van der Waals surface area contributed by atoms with Crippen LogP contribution in [-0.4, -0.2) is 24.8 Å². The van der Waals surface area contributed by atoms with E-state index in [2.05, 4.69) is 4.74 Å². The molecule has 0 unspecified atom stereocenters. The van der Waals surface area contributed by atoms with E-state index in [-0.39, 0.29) is 12.6 Å². The van der Waals surface area contributed by atoms with E-state index in [0.29, 0.717) is 12.0 Å². The Bertz CT molecular complexity index is 345. The molecule has 1 N–H and O–H groups in total. The van der Waals surface area contributed by atoms with Crippen molar-refractivity contribution < 1.29 is 14.6 Å². The fourth-order valence-corrected chi connectivity index (χ4v) is 1.57. The van der Waals surface area contributed by atoms with Crippen LogP contribution in [0.1, 0.15) is 28.4 Å². The molecule has 15 heavy (non-hydrogen) atoms. The number of carbonyl (C=O) groups excluding carboxylic acids is 1. The first-order valence-electron chi connectivity index (χ1n) is 5.03. The minimum absolute atomic E-state index is 0.0949. The Morgan fingerprint density at radius 1 is 1.40 bits per heavy atom. The summed E-state index contributed by atoms with van der Waals surface area (Å²) >= 11 is 0. The topological polar surface area (TPSA) is 46.5 Å². The molecule has 0 radical (unpaired) electrons. The maximum atomic E-state index is 11.3. The highest BCUT2D eigenvalue weighted by Crippen LogP contribution is 2.14. The van der Waals surface area contributed by atoms with E-state index >= 15 is 0 Å². The number of hydrogen-bond acceptors (Lipinski definition) is 3. The van der Waals surface area contributed by atoms with E-state index in [4.69, 9.17) is 5.11 Å². The van der Waals surface area contributed by atoms with Crippen molar-refractivity contribution in [2.45, 2.75) is 19.8 Å². The Morgan fingerprint density at radius 3 is 2.67 bits per heavy atom. The molecule has 0 atom stereocenters. The van der Waals surface area contributed by atoms with Crippen LogP contribution in [0, 0.1) is 0 Å². The van der Waals surface area contributed by atoms with E-state index in [1.165, 1.54) is 7.11 Å². The Morgan fingerprint density at radius 2 is 2.13 bits per heavy atom. The predicted molar refractivity (Wildman–Crippen MR) is 57.9 cm³/mol. The first kappa shape index (κ1) is 11.7. The van der Waals surface area contributed by atoms with Gasteiger partial charge in [0.1, 0.15) is 0 Å². The number of aliphatic hydroxyl groups excluding tert-OH is 1. The molecule has 0 fully saturated rings. The molecule has 0 aliphatic heterocycles. The van der Waals surface area contributed by atoms with Crippen LogP contribution < -0.4 is 0 Å². The molecule has 1 aromatic rings. The largest absolute Gasteiger partial charge is 0.465 e. The lowest BCUT2D eigenvalue weighted by Crippen LogP contribution is -2.04. The molecule has 1 aromatic carbocycles. The first-order valence-corrected chi connectivity index (χ1v) is 5.03. The summed E-state index contributed by atoms with van der Waals surface area (Å²) in [6.45, 7) is 2.14. The number of esters is 1. The Balaban J connectivity index is 3.04. The quantitative estimate of drug-likeness (QED) is 0.764. The molecular weight excluding hydrogens is 192 g/mol. The maximum Gasteiger partial charge on any atom is 0.337 e. The first-order chi connectivity index (χ1) is 7.22. The van der Waals surface area contributed by atoms with Crippen molar-refractivity contribution in [3.8, 4) is 0 Å². The Hall–Kier alpha value is -1.35. The molecule has 82 valence electrons. The average molecular weight is 208 g/mol. The average Bonchev–Trinajstić information content (AvgIpc) is 2.28. The summed E-state index contributed by atoms with van der Waals surface area (Å²) in [5.74, 6) is -0.336. The zero-order valence-corrected chi connectivity index (χ0v) is 9.12. The monoisotopic (exact) mass is 208 g/mol. The van der Waals surface area contributed by atoms with Crippen molar-refractivity contribution in [1.82, 2.24) is 0 Å². The Labute approximate surface area is 89.7 Å². The van der Waals surface area contributed by atoms with Crippen molar-refractivity contribution in [2.24, 2.45) is 0 Å². The third kappa shape index (κ3) is 2.80. The second-order valence-corrected chi connectivity index (χ2v) is 3.30. The second kappa shape index (κ2) is 5.51. The van der Waals surface area contributed by atoms with Gasteiger partial charge in [0.15, 0.2) is 0 Å². The molecule has 0 saturated heterocycles. The molecule has 0 spiro atoms. The fourth-order valence-electron chi connectivity index (χ4n) is 1.57. The van der Waals surface area contributed by atoms with Crippen molar-refractivity contribution >= 4 is 5.97 Å². The van der Waals surface area contributed by atoms with Crippen molar-refractivity contribution in [1.29, 1.82) is 0 Å². The third-order valence-corrected chi connectivity index (χ3v) is 2.39. The lowest BCUT2D eigenvalue weighted by molar-refractivity contribution is 0.0600. The van der Waals surface area contributed by atoms with Gasteiger partial charge in [-0.1, -0.05) is 13.0 Å². The van der Waals surface area contributed by atoms with Gasteiger partial charge < -0.3 is 9.84 Å². The van der Waals surface area contributed by atoms with Crippen LogP contribution in [0.4, 0.5) is 0 Å². The minimum Gasteiger partial charge on any atom is -0.465 e. The molecule has 0 aliphatic carbocycles. The number of methoxy groups -OCH3 is 1. The van der Waals surface area contributed by atoms with E-state index in [9.17, 15) is 4.79 Å². The van der Waals surface area contributed by atoms with Crippen LogP contribution in [0.15, 0.2) is 18.2 Å². The number of ether oxygens (including phenoxy) is 1. The molecule has 0 aliphatic rings. The summed E-state index contributed by atoms with van der Waals surface area (Å²) in [6.07, 6.45) is 1.48. The molecule has 1 rings (SSSR count). The summed E-state index contributed by atoms with van der Waals surface area (Å²) in [7, 11) is 1.36. The van der Waals surface area contributed by atoms with Crippen molar-refractivity contribution in [3.05, 3.63) is 34.9 Å². The highest BCUT2D eigenvalue weighted by molar-refractivity contribution is 5.89. The zero-order valence-electron chi connectivity index (χ0n) is 9.12. The van der Waals surface area contributed by atoms with Crippen molar-refractivity contribution in [2.75, 3.05) is 13.7 Å². The van der Waals surface area contributed by atoms with Crippen LogP contribution in [0.3, 0.4) is 0 Å². The molecule has 0 saturated carbocycles. The van der Waals surface area contributed by atoms with Crippen LogP contribution >= 0.6 is 0 Å². The van der Waals surface area contributed by atoms with E-state index in [0.717, 1.165) is 17.5 Å². The summed E-state index contributed by atoms with van der Waals surface area (Å²) in [5, 5.41) is 8.91. The molecule has 3 heteroatoms. The van der Waals surface area contributed by atoms with Crippen LogP contribution in [0.2, 0.25) is 0 Å². The lowest BCUT2D eigenvalue weighted by atomic mass is 10.00. The molecule has 0 bridgehead atoms. The number of aryl methyl sites for hydroxylation is 1. The van der Waals surface area contributed by atoms with Gasteiger partial charge in [-0.25, -0.2) is 4.79 Å². The molecule has 0 heterocycles. The van der Waals surface area contributed by atoms with Gasteiger partial charge in [-0.3, -0.25) is 0 Å². The number of hydrogen-bond donors (Lipinski definition) is 1. The molecule has 3 nitrogen and oxygen atoms in total. The van der Waals surface area contributed by atoms with Gasteiger partial charge >= 0.3 is 5.97 Å². The fraction of sp³-hybridized carbons (Fsp3) is 0.417. The number of rotatable bonds is 4. The van der Waals surface area contributed by atoms with Gasteiger partial charge in [0.05, 0.1) is 12.7 Å². The van der Waals surface area contributed by atoms with Crippen LogP contribution in [0.25, 0.3) is 0 Å². The predicted octanol–water partition coefficient (Wildman–Crippen LogP) is 1.57. The third-order valence-electron chi connectivity index (χ3n) is 2.39. The summed E-state index contributed by atoms with van der Waals surface area (Å²) in [6, 6.07) is 5.46. The van der Waals surface area contributed by atoms with Gasteiger partial charge in [0, 0.05) is 6.61 Å². The zero-order chi connectivity index (χ0) is 11.3. The lowest BCUT2D eigenvalue weighted by Gasteiger charge is -2.08. The van der Waals surface area contributed by atoms with Crippen LogP contribution in [-0.2, 0) is 17.6 Å². The number of benzene rings is 1. The molecular formula is C12H16O3. The van der Waals surface area contributed by atoms with Gasteiger partial charge in [0.2, 0.25) is 0 Å². The normalized spacial score (nSPS) is 10.1. The van der Waals surface area contributed by atoms with Gasteiger partial charge in [-0.2, -0.15) is 0 Å². The smallest absolute Gasteiger partial charge is 0.337 e. The molecule has 0 amide bonds. The van der Waals surface area contributed by atoms with Gasteiger partial charge in [-0.15, -0.1) is 0 Å². The van der Waals surface area contributed by atoms with E-state index in [1.54, 1.807) is 12.1 Å². The standard InChI is InChI=1S/C12H16O3/c1-3-9-4-5-11(12(14)15-2)8-10(9)6-7-13/h4-5,8,13H,3,6-7H2,1-2H3. The molecule has 0 aromatic heterocycles. The van der Waals surface area contributed by atoms with E-state index in [1.807, 2.05) is 13.0 Å². The van der Waals surface area contributed by atoms with Crippen LogP contribution in [0.5, 0.6) is 0 Å². The SMILES string of the molecule is CCc1ccc(C(=O)OC)cc1CCO. The minimum atomic E-state index is -0.336. The summed E-state index contributed by atoms with van der Waals surface area (Å²) in [4.78, 5) is 11.3. The number of aliphatic hydroxyl groups is 1. The highest BCUT2D eigenvalue weighted by atomic mass is 16.5. The Kier molecular flexibility index (Phi) is 4.31.